The van der Waals surface area contributed by atoms with E-state index in [0.29, 0.717) is 5.75 Å². The highest BCUT2D eigenvalue weighted by atomic mass is 32.2. The molecule has 0 bridgehead atoms. The molecular formula is C13H19NO6S. The molecule has 0 aliphatic rings. The highest BCUT2D eigenvalue weighted by Gasteiger charge is 2.29. The van der Waals surface area contributed by atoms with E-state index in [1.807, 2.05) is 0 Å². The topological polar surface area (TPSA) is 102 Å². The predicted molar refractivity (Wildman–Crippen MR) is 76.1 cm³/mol. The Labute approximate surface area is 123 Å². The van der Waals surface area contributed by atoms with E-state index < -0.39 is 28.0 Å². The third kappa shape index (κ3) is 4.08. The maximum atomic E-state index is 12.3. The van der Waals surface area contributed by atoms with E-state index in [0.717, 1.165) is 0 Å². The van der Waals surface area contributed by atoms with Gasteiger partial charge < -0.3 is 14.6 Å². The van der Waals surface area contributed by atoms with Crippen molar-refractivity contribution < 1.29 is 27.8 Å². The first kappa shape index (κ1) is 17.3. The number of sulfonamides is 1. The van der Waals surface area contributed by atoms with Crippen LogP contribution in [0.5, 0.6) is 11.5 Å². The minimum atomic E-state index is -4.03. The van der Waals surface area contributed by atoms with Crippen LogP contribution < -0.4 is 14.2 Å². The van der Waals surface area contributed by atoms with E-state index in [4.69, 9.17) is 14.6 Å². The molecule has 1 rings (SSSR count). The van der Waals surface area contributed by atoms with Gasteiger partial charge in [-0.1, -0.05) is 13.8 Å². The second-order valence-electron chi connectivity index (χ2n) is 4.70. The summed E-state index contributed by atoms with van der Waals surface area (Å²) < 4.78 is 36.9. The molecule has 0 saturated carbocycles. The Balaban J connectivity index is 3.21. The molecule has 7 nitrogen and oxygen atoms in total. The molecule has 0 aliphatic heterocycles. The van der Waals surface area contributed by atoms with Gasteiger partial charge >= 0.3 is 5.97 Å². The van der Waals surface area contributed by atoms with E-state index in [-0.39, 0.29) is 10.6 Å². The van der Waals surface area contributed by atoms with Gasteiger partial charge in [0.1, 0.15) is 22.4 Å². The Morgan fingerprint density at radius 3 is 2.29 bits per heavy atom. The summed E-state index contributed by atoms with van der Waals surface area (Å²) in [6.07, 6.45) is 0. The van der Waals surface area contributed by atoms with Crippen LogP contribution >= 0.6 is 0 Å². The summed E-state index contributed by atoms with van der Waals surface area (Å²) >= 11 is 0. The fraction of sp³-hybridized carbons (Fsp3) is 0.462. The summed E-state index contributed by atoms with van der Waals surface area (Å²) in [7, 11) is -1.26. The van der Waals surface area contributed by atoms with Gasteiger partial charge in [-0.05, 0) is 18.1 Å². The third-order valence-corrected chi connectivity index (χ3v) is 4.36. The maximum Gasteiger partial charge on any atom is 0.322 e. The summed E-state index contributed by atoms with van der Waals surface area (Å²) in [6, 6.07) is 2.96. The number of carboxylic acids is 1. The number of methoxy groups -OCH3 is 2. The van der Waals surface area contributed by atoms with Gasteiger partial charge in [-0.3, -0.25) is 4.79 Å². The smallest absolute Gasteiger partial charge is 0.322 e. The summed E-state index contributed by atoms with van der Waals surface area (Å²) in [5, 5.41) is 9.08. The molecule has 21 heavy (non-hydrogen) atoms. The largest absolute Gasteiger partial charge is 0.497 e. The fourth-order valence-corrected chi connectivity index (χ4v) is 3.19. The van der Waals surface area contributed by atoms with Crippen LogP contribution in [0, 0.1) is 5.92 Å². The van der Waals surface area contributed by atoms with Gasteiger partial charge in [-0.25, -0.2) is 8.42 Å². The lowest BCUT2D eigenvalue weighted by Gasteiger charge is -2.19. The zero-order valence-electron chi connectivity index (χ0n) is 12.3. The molecule has 1 aromatic rings. The number of rotatable bonds is 7. The lowest BCUT2D eigenvalue weighted by molar-refractivity contribution is -0.140. The fourth-order valence-electron chi connectivity index (χ4n) is 1.70. The molecular weight excluding hydrogens is 298 g/mol. The minimum Gasteiger partial charge on any atom is -0.497 e. The normalized spacial score (nSPS) is 13.0. The quantitative estimate of drug-likeness (QED) is 0.780. The molecule has 0 amide bonds. The van der Waals surface area contributed by atoms with Crippen molar-refractivity contribution in [2.45, 2.75) is 24.8 Å². The zero-order chi connectivity index (χ0) is 16.2. The molecule has 118 valence electrons. The lowest BCUT2D eigenvalue weighted by Crippen LogP contribution is -2.44. The van der Waals surface area contributed by atoms with Crippen molar-refractivity contribution in [1.82, 2.24) is 4.72 Å². The molecule has 0 radical (unpaired) electrons. The molecule has 8 heteroatoms. The number of carboxylic acid groups (broad SMARTS) is 1. The molecule has 2 N–H and O–H groups in total. The van der Waals surface area contributed by atoms with Gasteiger partial charge in [-0.15, -0.1) is 0 Å². The SMILES string of the molecule is COc1ccc(S(=O)(=O)NC(C(=O)O)C(C)C)c(OC)c1. The van der Waals surface area contributed by atoms with Gasteiger partial charge in [0.15, 0.2) is 0 Å². The standard InChI is InChI=1S/C13H19NO6S/c1-8(2)12(13(15)16)14-21(17,18)11-6-5-9(19-3)7-10(11)20-4/h5-8,12,14H,1-4H3,(H,15,16). The van der Waals surface area contributed by atoms with Crippen molar-refractivity contribution in [1.29, 1.82) is 0 Å². The third-order valence-electron chi connectivity index (χ3n) is 2.88. The molecule has 0 saturated heterocycles. The van der Waals surface area contributed by atoms with Gasteiger partial charge in [0.2, 0.25) is 10.0 Å². The summed E-state index contributed by atoms with van der Waals surface area (Å²) in [5.41, 5.74) is 0. The molecule has 1 unspecified atom stereocenters. The highest BCUT2D eigenvalue weighted by molar-refractivity contribution is 7.89. The second-order valence-corrected chi connectivity index (χ2v) is 6.38. The summed E-state index contributed by atoms with van der Waals surface area (Å²) in [4.78, 5) is 11.0. The molecule has 1 atom stereocenters. The van der Waals surface area contributed by atoms with Gasteiger partial charge in [0.25, 0.3) is 0 Å². The molecule has 0 aromatic heterocycles. The molecule has 0 heterocycles. The van der Waals surface area contributed by atoms with Crippen molar-refractivity contribution in [2.75, 3.05) is 14.2 Å². The maximum absolute atomic E-state index is 12.3. The summed E-state index contributed by atoms with van der Waals surface area (Å²) in [5.74, 6) is -1.12. The van der Waals surface area contributed by atoms with Crippen molar-refractivity contribution in [3.63, 3.8) is 0 Å². The number of carbonyl (C=O) groups is 1. The van der Waals surface area contributed by atoms with Crippen LogP contribution in [0.15, 0.2) is 23.1 Å². The zero-order valence-corrected chi connectivity index (χ0v) is 13.1. The van der Waals surface area contributed by atoms with Crippen molar-refractivity contribution in [3.05, 3.63) is 18.2 Å². The Morgan fingerprint density at radius 2 is 1.86 bits per heavy atom. The monoisotopic (exact) mass is 317 g/mol. The van der Waals surface area contributed by atoms with Crippen LogP contribution in [0.2, 0.25) is 0 Å². The molecule has 0 spiro atoms. The van der Waals surface area contributed by atoms with Crippen LogP contribution in [-0.4, -0.2) is 39.8 Å². The highest BCUT2D eigenvalue weighted by Crippen LogP contribution is 2.28. The first-order chi connectivity index (χ1) is 9.72. The number of hydrogen-bond donors (Lipinski definition) is 2. The van der Waals surface area contributed by atoms with Crippen LogP contribution in [0.3, 0.4) is 0 Å². The van der Waals surface area contributed by atoms with E-state index in [9.17, 15) is 13.2 Å². The van der Waals surface area contributed by atoms with Gasteiger partial charge in [-0.2, -0.15) is 4.72 Å². The lowest BCUT2D eigenvalue weighted by atomic mass is 10.1. The average Bonchev–Trinajstić information content (AvgIpc) is 2.43. The minimum absolute atomic E-state index is 0.0785. The molecule has 0 fully saturated rings. The number of nitrogens with one attached hydrogen (secondary N) is 1. The van der Waals surface area contributed by atoms with Crippen molar-refractivity contribution >= 4 is 16.0 Å². The number of ether oxygens (including phenoxy) is 2. The van der Waals surface area contributed by atoms with E-state index in [1.165, 1.54) is 32.4 Å². The summed E-state index contributed by atoms with van der Waals surface area (Å²) in [6.45, 7) is 3.24. The van der Waals surface area contributed by atoms with Gasteiger partial charge in [0, 0.05) is 6.07 Å². The Hall–Kier alpha value is -1.80. The van der Waals surface area contributed by atoms with E-state index in [1.54, 1.807) is 13.8 Å². The Morgan fingerprint density at radius 1 is 1.24 bits per heavy atom. The van der Waals surface area contributed by atoms with Crippen LogP contribution in [0.25, 0.3) is 0 Å². The van der Waals surface area contributed by atoms with Crippen LogP contribution in [0.4, 0.5) is 0 Å². The second kappa shape index (κ2) is 6.77. The van der Waals surface area contributed by atoms with Crippen LogP contribution in [0.1, 0.15) is 13.8 Å². The first-order valence-electron chi connectivity index (χ1n) is 6.20. The number of hydrogen-bond acceptors (Lipinski definition) is 5. The van der Waals surface area contributed by atoms with E-state index >= 15 is 0 Å². The molecule has 0 aliphatic carbocycles. The average molecular weight is 317 g/mol. The van der Waals surface area contributed by atoms with Crippen molar-refractivity contribution in [3.8, 4) is 11.5 Å². The molecule has 1 aromatic carbocycles. The van der Waals surface area contributed by atoms with E-state index in [2.05, 4.69) is 4.72 Å². The Kier molecular flexibility index (Phi) is 5.56. The van der Waals surface area contributed by atoms with Crippen LogP contribution in [-0.2, 0) is 14.8 Å². The van der Waals surface area contributed by atoms with Gasteiger partial charge in [0.05, 0.1) is 14.2 Å². The Bertz CT molecular complexity index is 611. The number of benzene rings is 1. The first-order valence-corrected chi connectivity index (χ1v) is 7.68. The van der Waals surface area contributed by atoms with Crippen molar-refractivity contribution in [2.24, 2.45) is 5.92 Å². The number of aliphatic carboxylic acids is 1. The predicted octanol–water partition coefficient (Wildman–Crippen LogP) is 1.09.